The fourth-order valence-electron chi connectivity index (χ4n) is 2.23. The van der Waals surface area contributed by atoms with E-state index >= 15 is 0 Å². The van der Waals surface area contributed by atoms with Crippen LogP contribution in [0.2, 0.25) is 0 Å². The smallest absolute Gasteiger partial charge is 0.268 e. The highest BCUT2D eigenvalue weighted by Gasteiger charge is 2.34. The molecule has 0 N–H and O–H groups in total. The summed E-state index contributed by atoms with van der Waals surface area (Å²) >= 11 is 1.40. The number of carbonyl (C=O) groups excluding carboxylic acids is 1. The molecule has 23 heavy (non-hydrogen) atoms. The van der Waals surface area contributed by atoms with Crippen LogP contribution in [0.25, 0.3) is 6.08 Å². The van der Waals surface area contributed by atoms with Crippen molar-refractivity contribution in [3.05, 3.63) is 83.8 Å². The van der Waals surface area contributed by atoms with Crippen LogP contribution in [-0.2, 0) is 4.79 Å². The summed E-state index contributed by atoms with van der Waals surface area (Å²) in [6.07, 6.45) is 3.62. The van der Waals surface area contributed by atoms with E-state index in [9.17, 15) is 4.79 Å². The van der Waals surface area contributed by atoms with Crippen LogP contribution in [0.3, 0.4) is 0 Å². The Labute approximate surface area is 140 Å². The number of para-hydroxylation sites is 1. The normalized spacial score (nSPS) is 17.9. The maximum Gasteiger partial charge on any atom is 0.271 e. The minimum Gasteiger partial charge on any atom is -0.268 e. The van der Waals surface area contributed by atoms with Crippen LogP contribution in [0.4, 0.5) is 5.69 Å². The van der Waals surface area contributed by atoms with Crippen LogP contribution in [0.15, 0.2) is 83.2 Å². The molecule has 0 bridgehead atoms. The predicted molar refractivity (Wildman–Crippen MR) is 98.4 cm³/mol. The lowest BCUT2D eigenvalue weighted by molar-refractivity contribution is -0.113. The zero-order valence-electron chi connectivity index (χ0n) is 12.6. The average molecular weight is 320 g/mol. The third-order valence-corrected chi connectivity index (χ3v) is 4.28. The van der Waals surface area contributed by atoms with Crippen molar-refractivity contribution in [1.82, 2.24) is 0 Å². The summed E-state index contributed by atoms with van der Waals surface area (Å²) in [6.45, 7) is 4.17. The molecule has 1 aliphatic rings. The van der Waals surface area contributed by atoms with Gasteiger partial charge in [-0.2, -0.15) is 0 Å². The van der Waals surface area contributed by atoms with Gasteiger partial charge in [-0.3, -0.25) is 14.7 Å². The lowest BCUT2D eigenvalue weighted by Crippen LogP contribution is -2.28. The van der Waals surface area contributed by atoms with Gasteiger partial charge < -0.3 is 0 Å². The number of nitrogens with zero attached hydrogens (tertiary/aromatic N) is 2. The number of hydrogen-bond donors (Lipinski definition) is 0. The molecule has 2 aromatic carbocycles. The zero-order chi connectivity index (χ0) is 16.1. The molecule has 1 heterocycles. The van der Waals surface area contributed by atoms with E-state index in [4.69, 9.17) is 0 Å². The Balaban J connectivity index is 1.99. The summed E-state index contributed by atoms with van der Waals surface area (Å²) < 4.78 is 0. The van der Waals surface area contributed by atoms with E-state index < -0.39 is 0 Å². The molecule has 1 amide bonds. The topological polar surface area (TPSA) is 32.7 Å². The Bertz CT molecular complexity index is 766. The molecule has 0 saturated carbocycles. The van der Waals surface area contributed by atoms with E-state index in [1.165, 1.54) is 11.8 Å². The molecule has 0 spiro atoms. The molecule has 2 aromatic rings. The number of hydrogen-bond acceptors (Lipinski definition) is 3. The van der Waals surface area contributed by atoms with Crippen LogP contribution in [-0.4, -0.2) is 17.6 Å². The van der Waals surface area contributed by atoms with Gasteiger partial charge in [-0.25, -0.2) is 0 Å². The molecule has 1 saturated heterocycles. The standard InChI is InChI=1S/C19H16N2OS/c1-2-13-20-19-21(16-11-7-4-8-12-16)18(22)17(23-19)14-15-9-5-3-6-10-15/h2-12,14H,1,13H2/b17-14-,20-19-. The largest absolute Gasteiger partial charge is 0.271 e. The summed E-state index contributed by atoms with van der Waals surface area (Å²) in [6, 6.07) is 19.4. The molecule has 0 radical (unpaired) electrons. The predicted octanol–water partition coefficient (Wildman–Crippen LogP) is 4.35. The summed E-state index contributed by atoms with van der Waals surface area (Å²) in [4.78, 5) is 19.6. The van der Waals surface area contributed by atoms with Crippen molar-refractivity contribution in [2.75, 3.05) is 11.4 Å². The molecule has 3 rings (SSSR count). The monoisotopic (exact) mass is 320 g/mol. The molecule has 0 aromatic heterocycles. The number of amides is 1. The number of thioether (sulfide) groups is 1. The lowest BCUT2D eigenvalue weighted by Gasteiger charge is -2.15. The van der Waals surface area contributed by atoms with Gasteiger partial charge in [0.05, 0.1) is 17.1 Å². The molecule has 1 aliphatic heterocycles. The number of anilines is 1. The summed E-state index contributed by atoms with van der Waals surface area (Å²) in [5.74, 6) is -0.0483. The zero-order valence-corrected chi connectivity index (χ0v) is 13.4. The number of benzene rings is 2. The van der Waals surface area contributed by atoms with Crippen molar-refractivity contribution in [2.45, 2.75) is 0 Å². The van der Waals surface area contributed by atoms with Crippen LogP contribution < -0.4 is 4.90 Å². The van der Waals surface area contributed by atoms with Gasteiger partial charge in [0.25, 0.3) is 5.91 Å². The molecule has 0 unspecified atom stereocenters. The highest BCUT2D eigenvalue weighted by molar-refractivity contribution is 8.19. The first-order valence-electron chi connectivity index (χ1n) is 7.29. The number of aliphatic imine (C=N–C) groups is 1. The van der Waals surface area contributed by atoms with Crippen molar-refractivity contribution in [3.63, 3.8) is 0 Å². The molecule has 0 aliphatic carbocycles. The maximum absolute atomic E-state index is 12.8. The van der Waals surface area contributed by atoms with Gasteiger partial charge in [0, 0.05) is 0 Å². The van der Waals surface area contributed by atoms with Crippen molar-refractivity contribution in [1.29, 1.82) is 0 Å². The Morgan fingerprint density at radius 3 is 2.35 bits per heavy atom. The van der Waals surface area contributed by atoms with Gasteiger partial charge in [-0.1, -0.05) is 54.6 Å². The number of rotatable bonds is 4. The molecule has 0 atom stereocenters. The van der Waals surface area contributed by atoms with Crippen molar-refractivity contribution < 1.29 is 4.79 Å². The first kappa shape index (κ1) is 15.3. The van der Waals surface area contributed by atoms with Gasteiger partial charge in [0.2, 0.25) is 0 Å². The van der Waals surface area contributed by atoms with Gasteiger partial charge >= 0.3 is 0 Å². The van der Waals surface area contributed by atoms with E-state index in [0.29, 0.717) is 16.6 Å². The van der Waals surface area contributed by atoms with E-state index in [-0.39, 0.29) is 5.91 Å². The Morgan fingerprint density at radius 2 is 1.70 bits per heavy atom. The molecule has 114 valence electrons. The van der Waals surface area contributed by atoms with Gasteiger partial charge in [0.15, 0.2) is 5.17 Å². The SMILES string of the molecule is C=CC/N=C1\S/C(=C\c2ccccc2)C(=O)N1c1ccccc1. The van der Waals surface area contributed by atoms with Crippen molar-refractivity contribution in [3.8, 4) is 0 Å². The van der Waals surface area contributed by atoms with Gasteiger partial charge in [-0.15, -0.1) is 6.58 Å². The lowest BCUT2D eigenvalue weighted by atomic mass is 10.2. The fourth-order valence-corrected chi connectivity index (χ4v) is 3.22. The average Bonchev–Trinajstić information content (AvgIpc) is 2.90. The van der Waals surface area contributed by atoms with Crippen molar-refractivity contribution in [2.24, 2.45) is 4.99 Å². The van der Waals surface area contributed by atoms with Crippen molar-refractivity contribution >= 4 is 34.6 Å². The summed E-state index contributed by atoms with van der Waals surface area (Å²) in [5, 5.41) is 0.684. The first-order valence-corrected chi connectivity index (χ1v) is 8.10. The second kappa shape index (κ2) is 7.11. The fraction of sp³-hybridized carbons (Fsp3) is 0.0526. The molecular formula is C19H16N2OS. The second-order valence-electron chi connectivity index (χ2n) is 4.91. The minimum absolute atomic E-state index is 0.0483. The van der Waals surface area contributed by atoms with E-state index in [1.54, 1.807) is 11.0 Å². The van der Waals surface area contributed by atoms with Crippen LogP contribution in [0.1, 0.15) is 5.56 Å². The van der Waals surface area contributed by atoms with Gasteiger partial charge in [0.1, 0.15) is 0 Å². The highest BCUT2D eigenvalue weighted by Crippen LogP contribution is 2.35. The summed E-state index contributed by atoms with van der Waals surface area (Å²) in [5.41, 5.74) is 1.82. The molecular weight excluding hydrogens is 304 g/mol. The van der Waals surface area contributed by atoms with Crippen LogP contribution in [0.5, 0.6) is 0 Å². The van der Waals surface area contributed by atoms with Crippen LogP contribution in [0, 0.1) is 0 Å². The Hall–Kier alpha value is -2.59. The Morgan fingerprint density at radius 1 is 1.04 bits per heavy atom. The van der Waals surface area contributed by atoms with Crippen LogP contribution >= 0.6 is 11.8 Å². The van der Waals surface area contributed by atoms with Gasteiger partial charge in [-0.05, 0) is 35.5 Å². The third kappa shape index (κ3) is 3.43. The molecule has 1 fully saturated rings. The number of amidine groups is 1. The van der Waals surface area contributed by atoms with E-state index in [0.717, 1.165) is 11.3 Å². The second-order valence-corrected chi connectivity index (χ2v) is 5.92. The summed E-state index contributed by atoms with van der Waals surface area (Å²) in [7, 11) is 0. The number of carbonyl (C=O) groups is 1. The van der Waals surface area contributed by atoms with E-state index in [1.807, 2.05) is 66.7 Å². The van der Waals surface area contributed by atoms with E-state index in [2.05, 4.69) is 11.6 Å². The molecule has 3 nitrogen and oxygen atoms in total. The minimum atomic E-state index is -0.0483. The highest BCUT2D eigenvalue weighted by atomic mass is 32.2. The molecule has 4 heteroatoms. The first-order chi connectivity index (χ1) is 11.3. The Kier molecular flexibility index (Phi) is 4.74. The quantitative estimate of drug-likeness (QED) is 0.620. The maximum atomic E-state index is 12.8. The third-order valence-electron chi connectivity index (χ3n) is 3.27.